The first kappa shape index (κ1) is 9.32. The van der Waals surface area contributed by atoms with E-state index in [2.05, 4.69) is 9.97 Å². The summed E-state index contributed by atoms with van der Waals surface area (Å²) in [5.74, 6) is 0. The molecule has 1 aromatic heterocycles. The molecule has 5 heteroatoms. The predicted octanol–water partition coefficient (Wildman–Crippen LogP) is 1.81. The molecule has 1 radical (unpaired) electrons. The molecule has 0 saturated heterocycles. The van der Waals surface area contributed by atoms with Crippen molar-refractivity contribution in [1.82, 2.24) is 9.97 Å². The third kappa shape index (κ3) is 1.53. The van der Waals surface area contributed by atoms with E-state index < -0.39 is 0 Å². The molecule has 4 N–H and O–H groups in total. The number of hydrogen-bond donors (Lipinski definition) is 3. The summed E-state index contributed by atoms with van der Waals surface area (Å²) < 4.78 is 0.630. The molecule has 3 nitrogen and oxygen atoms in total. The zero-order valence-corrected chi connectivity index (χ0v) is 8.09. The van der Waals surface area contributed by atoms with Crippen LogP contribution in [-0.4, -0.2) is 9.97 Å². The van der Waals surface area contributed by atoms with E-state index in [1.807, 2.05) is 18.2 Å². The van der Waals surface area contributed by atoms with Gasteiger partial charge in [-0.2, -0.15) is 0 Å². The third-order valence-electron chi connectivity index (χ3n) is 1.54. The van der Waals surface area contributed by atoms with E-state index in [0.29, 0.717) is 4.77 Å². The smallest absolute Gasteiger partial charge is 0.175 e. The molecule has 0 saturated carbocycles. The molecular weight excluding hydrogens is 213 g/mol. The van der Waals surface area contributed by atoms with Crippen LogP contribution in [0.3, 0.4) is 0 Å². The van der Waals surface area contributed by atoms with Crippen LogP contribution >= 0.6 is 12.2 Å². The second-order valence-corrected chi connectivity index (χ2v) is 2.79. The van der Waals surface area contributed by atoms with E-state index in [9.17, 15) is 0 Å². The zero-order chi connectivity index (χ0) is 7.84. The van der Waals surface area contributed by atoms with Crippen LogP contribution in [-0.2, 0) is 17.1 Å². The quantitative estimate of drug-likeness (QED) is 0.360. The maximum absolute atomic E-state index is 5.57. The van der Waals surface area contributed by atoms with Gasteiger partial charge in [0.2, 0.25) is 0 Å². The van der Waals surface area contributed by atoms with Crippen molar-refractivity contribution in [2.75, 3.05) is 5.73 Å². The summed E-state index contributed by atoms with van der Waals surface area (Å²) in [6.45, 7) is 0. The second-order valence-electron chi connectivity index (χ2n) is 2.38. The van der Waals surface area contributed by atoms with Crippen molar-refractivity contribution in [2.24, 2.45) is 0 Å². The van der Waals surface area contributed by atoms with E-state index in [1.54, 1.807) is 0 Å². The van der Waals surface area contributed by atoms with Gasteiger partial charge in [-0.1, -0.05) is 0 Å². The number of anilines is 1. The van der Waals surface area contributed by atoms with Gasteiger partial charge in [0.1, 0.15) is 0 Å². The van der Waals surface area contributed by atoms with Gasteiger partial charge in [0.25, 0.3) is 0 Å². The summed E-state index contributed by atoms with van der Waals surface area (Å²) in [5, 5.41) is 0. The second kappa shape index (κ2) is 3.31. The number of nitrogens with one attached hydrogen (secondary N) is 2. The van der Waals surface area contributed by atoms with E-state index in [4.69, 9.17) is 18.0 Å². The van der Waals surface area contributed by atoms with Gasteiger partial charge < -0.3 is 15.7 Å². The average molecular weight is 220 g/mol. The molecule has 1 heterocycles. The number of nitrogen functional groups attached to an aromatic ring is 1. The summed E-state index contributed by atoms with van der Waals surface area (Å²) >= 11 is 4.90. The molecule has 0 aliphatic rings. The van der Waals surface area contributed by atoms with Crippen LogP contribution in [0.2, 0.25) is 0 Å². The van der Waals surface area contributed by atoms with Gasteiger partial charge in [0.05, 0.1) is 11.0 Å². The van der Waals surface area contributed by atoms with E-state index in [0.717, 1.165) is 16.7 Å². The summed E-state index contributed by atoms with van der Waals surface area (Å²) in [4.78, 5) is 5.97. The largest absolute Gasteiger partial charge is 0.399 e. The molecular formula is C7H7MnN3S. The van der Waals surface area contributed by atoms with Crippen molar-refractivity contribution in [3.63, 3.8) is 0 Å². The zero-order valence-electron chi connectivity index (χ0n) is 6.10. The number of imidazole rings is 1. The van der Waals surface area contributed by atoms with Gasteiger partial charge >= 0.3 is 0 Å². The van der Waals surface area contributed by atoms with Gasteiger partial charge in [0, 0.05) is 22.8 Å². The molecule has 1 aromatic carbocycles. The number of aromatic amines is 2. The van der Waals surface area contributed by atoms with Gasteiger partial charge in [-0.05, 0) is 30.4 Å². The normalized spacial score (nSPS) is 9.67. The SMILES string of the molecule is Nc1ccc2[nH]c(=S)[nH]c2c1.[Mn]. The summed E-state index contributed by atoms with van der Waals surface area (Å²) in [5.41, 5.74) is 8.25. The number of rotatable bonds is 0. The number of nitrogens with two attached hydrogens (primary N) is 1. The minimum atomic E-state index is 0. The molecule has 0 spiro atoms. The fraction of sp³-hybridized carbons (Fsp3) is 0. The van der Waals surface area contributed by atoms with Gasteiger partial charge in [0.15, 0.2) is 4.77 Å². The first-order valence-electron chi connectivity index (χ1n) is 3.23. The number of aromatic nitrogens is 2. The molecule has 2 rings (SSSR count). The molecule has 63 valence electrons. The Balaban J connectivity index is 0.000000720. The van der Waals surface area contributed by atoms with Crippen molar-refractivity contribution in [2.45, 2.75) is 0 Å². The van der Waals surface area contributed by atoms with Crippen LogP contribution < -0.4 is 5.73 Å². The first-order valence-corrected chi connectivity index (χ1v) is 3.64. The van der Waals surface area contributed by atoms with Gasteiger partial charge in [-0.15, -0.1) is 0 Å². The average Bonchev–Trinajstić information content (AvgIpc) is 2.27. The van der Waals surface area contributed by atoms with E-state index >= 15 is 0 Å². The number of H-pyrrole nitrogens is 2. The third-order valence-corrected chi connectivity index (χ3v) is 1.74. The number of benzene rings is 1. The molecule has 0 atom stereocenters. The number of hydrogen-bond acceptors (Lipinski definition) is 2. The molecule has 12 heavy (non-hydrogen) atoms. The van der Waals surface area contributed by atoms with E-state index in [1.165, 1.54) is 0 Å². The number of fused-ring (bicyclic) bond motifs is 1. The minimum absolute atomic E-state index is 0. The van der Waals surface area contributed by atoms with Gasteiger partial charge in [-0.3, -0.25) is 0 Å². The van der Waals surface area contributed by atoms with Crippen LogP contribution in [0.5, 0.6) is 0 Å². The van der Waals surface area contributed by atoms with Crippen LogP contribution in [0.4, 0.5) is 5.69 Å². The van der Waals surface area contributed by atoms with Crippen molar-refractivity contribution < 1.29 is 17.1 Å². The Morgan fingerprint density at radius 1 is 1.17 bits per heavy atom. The Labute approximate surface area is 84.8 Å². The Hall–Kier alpha value is -0.771. The van der Waals surface area contributed by atoms with Crippen molar-refractivity contribution in [1.29, 1.82) is 0 Å². The maximum Gasteiger partial charge on any atom is 0.175 e. The molecule has 0 bridgehead atoms. The van der Waals surface area contributed by atoms with Crippen LogP contribution in [0.1, 0.15) is 0 Å². The fourth-order valence-corrected chi connectivity index (χ4v) is 1.27. The fourth-order valence-electron chi connectivity index (χ4n) is 1.05. The monoisotopic (exact) mass is 220 g/mol. The topological polar surface area (TPSA) is 57.6 Å². The molecule has 0 amide bonds. The standard InChI is InChI=1S/C7H7N3S.Mn/c8-4-1-2-5-6(3-4)10-7(11)9-5;/h1-3H,8H2,(H2,9,10,11);. The Morgan fingerprint density at radius 3 is 2.58 bits per heavy atom. The molecule has 0 aliphatic carbocycles. The van der Waals surface area contributed by atoms with Gasteiger partial charge in [-0.25, -0.2) is 0 Å². The van der Waals surface area contributed by atoms with Crippen LogP contribution in [0.15, 0.2) is 18.2 Å². The van der Waals surface area contributed by atoms with E-state index in [-0.39, 0.29) is 17.1 Å². The molecule has 2 aromatic rings. The van der Waals surface area contributed by atoms with Crippen LogP contribution in [0.25, 0.3) is 11.0 Å². The maximum atomic E-state index is 5.57. The minimum Gasteiger partial charge on any atom is -0.399 e. The Bertz CT molecular complexity index is 445. The summed E-state index contributed by atoms with van der Waals surface area (Å²) in [7, 11) is 0. The Kier molecular flexibility index (Phi) is 2.57. The predicted molar refractivity (Wildman–Crippen MR) is 47.9 cm³/mol. The van der Waals surface area contributed by atoms with Crippen molar-refractivity contribution in [3.05, 3.63) is 23.0 Å². The Morgan fingerprint density at radius 2 is 1.83 bits per heavy atom. The summed E-state index contributed by atoms with van der Waals surface area (Å²) in [6, 6.07) is 5.58. The van der Waals surface area contributed by atoms with Crippen molar-refractivity contribution >= 4 is 28.9 Å². The molecule has 0 aliphatic heterocycles. The first-order chi connectivity index (χ1) is 5.25. The molecule has 0 unspecified atom stereocenters. The molecule has 0 fully saturated rings. The van der Waals surface area contributed by atoms with Crippen molar-refractivity contribution in [3.8, 4) is 0 Å². The van der Waals surface area contributed by atoms with Crippen LogP contribution in [0, 0.1) is 4.77 Å². The summed E-state index contributed by atoms with van der Waals surface area (Å²) in [6.07, 6.45) is 0.